The van der Waals surface area contributed by atoms with Gasteiger partial charge in [0.1, 0.15) is 12.1 Å². The van der Waals surface area contributed by atoms with Gasteiger partial charge in [-0.1, -0.05) is 12.1 Å². The van der Waals surface area contributed by atoms with Crippen molar-refractivity contribution in [3.05, 3.63) is 54.9 Å². The number of rotatable bonds is 5. The summed E-state index contributed by atoms with van der Waals surface area (Å²) in [7, 11) is -0.556. The van der Waals surface area contributed by atoms with Crippen molar-refractivity contribution in [2.75, 3.05) is 32.1 Å². The average Bonchev–Trinajstić information content (AvgIpc) is 3.27. The average molecular weight is 495 g/mol. The lowest BCUT2D eigenvalue weighted by Crippen LogP contribution is -2.44. The van der Waals surface area contributed by atoms with Crippen molar-refractivity contribution in [2.45, 2.75) is 23.8 Å². The number of carbonyl (C=O) groups is 1. The number of carboxylic acid groups (broad SMARTS) is 1. The van der Waals surface area contributed by atoms with Crippen molar-refractivity contribution in [1.29, 1.82) is 0 Å². The molecule has 0 unspecified atom stereocenters. The van der Waals surface area contributed by atoms with E-state index in [2.05, 4.69) is 15.2 Å². The van der Waals surface area contributed by atoms with Crippen LogP contribution in [0.15, 0.2) is 59.8 Å². The van der Waals surface area contributed by atoms with Crippen LogP contribution in [0.5, 0.6) is 0 Å². The van der Waals surface area contributed by atoms with Gasteiger partial charge in [-0.2, -0.15) is 0 Å². The highest BCUT2D eigenvalue weighted by Crippen LogP contribution is 2.30. The molecular weight excluding hydrogens is 468 g/mol. The van der Waals surface area contributed by atoms with Crippen molar-refractivity contribution in [3.8, 4) is 5.82 Å². The number of hydrogen-bond donors (Lipinski definition) is 2. The summed E-state index contributed by atoms with van der Waals surface area (Å²) in [6.07, 6.45) is 2.12. The van der Waals surface area contributed by atoms with Gasteiger partial charge in [0.2, 0.25) is 10.0 Å². The summed E-state index contributed by atoms with van der Waals surface area (Å²) in [6.45, 7) is 1.46. The van der Waals surface area contributed by atoms with E-state index in [9.17, 15) is 13.2 Å². The summed E-state index contributed by atoms with van der Waals surface area (Å²) < 4.78 is 28.0. The number of piperidine rings is 1. The summed E-state index contributed by atoms with van der Waals surface area (Å²) in [5.74, 6) is 0.679. The predicted octanol–water partition coefficient (Wildman–Crippen LogP) is 3.06. The SMILES string of the molecule is CN(C)S(=O)(=O)c1ccc2c(c1)ncn2-c1ccc2cccc(N3CCC(NC(=O)O)CC3)c2n1. The van der Waals surface area contributed by atoms with Crippen LogP contribution in [0.4, 0.5) is 10.5 Å². The second kappa shape index (κ2) is 8.82. The maximum absolute atomic E-state index is 12.5. The normalized spacial score (nSPS) is 15.2. The van der Waals surface area contributed by atoms with Crippen LogP contribution in [-0.4, -0.2) is 71.7 Å². The third kappa shape index (κ3) is 4.28. The Morgan fingerprint density at radius 2 is 1.89 bits per heavy atom. The van der Waals surface area contributed by atoms with Gasteiger partial charge in [0, 0.05) is 38.6 Å². The van der Waals surface area contributed by atoms with Gasteiger partial charge in [-0.25, -0.2) is 27.5 Å². The molecule has 0 bridgehead atoms. The highest BCUT2D eigenvalue weighted by Gasteiger charge is 2.23. The number of nitrogens with zero attached hydrogens (tertiary/aromatic N) is 5. The van der Waals surface area contributed by atoms with Gasteiger partial charge >= 0.3 is 6.09 Å². The third-order valence-corrected chi connectivity index (χ3v) is 8.20. The molecule has 0 atom stereocenters. The Labute approximate surface area is 202 Å². The number of hydrogen-bond acceptors (Lipinski definition) is 6. The van der Waals surface area contributed by atoms with Gasteiger partial charge in [0.05, 0.1) is 27.1 Å². The third-order valence-electron chi connectivity index (χ3n) is 6.39. The number of anilines is 1. The number of benzene rings is 2. The Morgan fingerprint density at radius 3 is 2.60 bits per heavy atom. The molecule has 0 aliphatic carbocycles. The van der Waals surface area contributed by atoms with Crippen LogP contribution < -0.4 is 10.2 Å². The van der Waals surface area contributed by atoms with Crippen LogP contribution >= 0.6 is 0 Å². The fraction of sp³-hybridized carbons (Fsp3) is 0.292. The quantitative estimate of drug-likeness (QED) is 0.437. The molecule has 2 aromatic carbocycles. The van der Waals surface area contributed by atoms with Crippen molar-refractivity contribution >= 4 is 43.7 Å². The minimum Gasteiger partial charge on any atom is -0.465 e. The highest BCUT2D eigenvalue weighted by molar-refractivity contribution is 7.89. The van der Waals surface area contributed by atoms with Gasteiger partial charge in [0.25, 0.3) is 0 Å². The molecule has 1 fully saturated rings. The molecular formula is C24H26N6O4S. The topological polar surface area (TPSA) is 121 Å². The van der Waals surface area contributed by atoms with E-state index in [1.807, 2.05) is 34.9 Å². The number of fused-ring (bicyclic) bond motifs is 2. The minimum absolute atomic E-state index is 0.0410. The van der Waals surface area contributed by atoms with Gasteiger partial charge in [-0.3, -0.25) is 4.57 Å². The van der Waals surface area contributed by atoms with Crippen molar-refractivity contribution < 1.29 is 18.3 Å². The van der Waals surface area contributed by atoms with Crippen LogP contribution in [0.25, 0.3) is 27.8 Å². The highest BCUT2D eigenvalue weighted by atomic mass is 32.2. The number of amides is 1. The van der Waals surface area contributed by atoms with E-state index >= 15 is 0 Å². The first kappa shape index (κ1) is 23.1. The molecule has 2 N–H and O–H groups in total. The first-order chi connectivity index (χ1) is 16.7. The predicted molar refractivity (Wildman–Crippen MR) is 134 cm³/mol. The number of aromatic nitrogens is 3. The number of para-hydroxylation sites is 1. The molecule has 2 aromatic heterocycles. The number of sulfonamides is 1. The molecule has 1 aliphatic heterocycles. The minimum atomic E-state index is -3.56. The Balaban J connectivity index is 1.50. The zero-order valence-electron chi connectivity index (χ0n) is 19.4. The van der Waals surface area contributed by atoms with Crippen molar-refractivity contribution in [3.63, 3.8) is 0 Å². The number of pyridine rings is 1. The summed E-state index contributed by atoms with van der Waals surface area (Å²) in [4.78, 5) is 22.8. The Hall–Kier alpha value is -3.70. The molecule has 1 aliphatic rings. The molecule has 3 heterocycles. The van der Waals surface area contributed by atoms with E-state index in [0.29, 0.717) is 11.3 Å². The Morgan fingerprint density at radius 1 is 1.11 bits per heavy atom. The summed E-state index contributed by atoms with van der Waals surface area (Å²) in [6, 6.07) is 14.8. The van der Waals surface area contributed by atoms with Gasteiger partial charge in [-0.15, -0.1) is 0 Å². The summed E-state index contributed by atoms with van der Waals surface area (Å²) >= 11 is 0. The molecule has 0 spiro atoms. The Bertz CT molecular complexity index is 1520. The lowest BCUT2D eigenvalue weighted by molar-refractivity contribution is 0.187. The molecule has 11 heteroatoms. The second-order valence-corrected chi connectivity index (χ2v) is 10.9. The lowest BCUT2D eigenvalue weighted by Gasteiger charge is -2.33. The van der Waals surface area contributed by atoms with Gasteiger partial charge in [-0.05, 0) is 49.2 Å². The van der Waals surface area contributed by atoms with Gasteiger partial charge in [0.15, 0.2) is 0 Å². The van der Waals surface area contributed by atoms with E-state index in [0.717, 1.165) is 48.0 Å². The largest absolute Gasteiger partial charge is 0.465 e. The van der Waals surface area contributed by atoms with Crippen LogP contribution in [0.3, 0.4) is 0 Å². The number of nitrogens with one attached hydrogen (secondary N) is 1. The molecule has 10 nitrogen and oxygen atoms in total. The standard InChI is InChI=1S/C24H26N6O4S/c1-28(2)35(33,34)18-7-8-20-19(14-18)25-15-30(20)22-9-6-16-4-3-5-21(23(16)27-22)29-12-10-17(11-13-29)26-24(31)32/h3-9,14-15,17,26H,10-13H2,1-2H3,(H,31,32). The second-order valence-electron chi connectivity index (χ2n) is 8.78. The zero-order chi connectivity index (χ0) is 24.7. The van der Waals surface area contributed by atoms with E-state index in [1.54, 1.807) is 24.5 Å². The first-order valence-electron chi connectivity index (χ1n) is 11.3. The summed E-state index contributed by atoms with van der Waals surface area (Å²) in [5, 5.41) is 12.6. The van der Waals surface area contributed by atoms with Crippen molar-refractivity contribution in [2.24, 2.45) is 0 Å². The monoisotopic (exact) mass is 494 g/mol. The molecule has 5 rings (SSSR count). The summed E-state index contributed by atoms with van der Waals surface area (Å²) in [5.41, 5.74) is 3.17. The lowest BCUT2D eigenvalue weighted by atomic mass is 10.0. The smallest absolute Gasteiger partial charge is 0.404 e. The zero-order valence-corrected chi connectivity index (χ0v) is 20.2. The van der Waals surface area contributed by atoms with E-state index in [1.165, 1.54) is 18.4 Å². The van der Waals surface area contributed by atoms with Crippen LogP contribution in [0.1, 0.15) is 12.8 Å². The maximum atomic E-state index is 12.5. The van der Waals surface area contributed by atoms with Gasteiger partial charge < -0.3 is 15.3 Å². The molecule has 1 amide bonds. The Kier molecular flexibility index (Phi) is 5.81. The number of imidazole rings is 1. The first-order valence-corrected chi connectivity index (χ1v) is 12.7. The fourth-order valence-electron chi connectivity index (χ4n) is 4.50. The molecule has 35 heavy (non-hydrogen) atoms. The van der Waals surface area contributed by atoms with E-state index in [-0.39, 0.29) is 10.9 Å². The van der Waals surface area contributed by atoms with E-state index in [4.69, 9.17) is 10.1 Å². The van der Waals surface area contributed by atoms with Crippen LogP contribution in [-0.2, 0) is 10.0 Å². The van der Waals surface area contributed by atoms with Crippen molar-refractivity contribution in [1.82, 2.24) is 24.2 Å². The van der Waals surface area contributed by atoms with Crippen LogP contribution in [0.2, 0.25) is 0 Å². The molecule has 0 radical (unpaired) electrons. The van der Waals surface area contributed by atoms with Crippen LogP contribution in [0, 0.1) is 0 Å². The molecule has 182 valence electrons. The molecule has 4 aromatic rings. The van der Waals surface area contributed by atoms with E-state index < -0.39 is 16.1 Å². The fourth-order valence-corrected chi connectivity index (χ4v) is 5.42. The molecule has 0 saturated carbocycles. The molecule has 1 saturated heterocycles. The maximum Gasteiger partial charge on any atom is 0.404 e.